The van der Waals surface area contributed by atoms with E-state index in [0.29, 0.717) is 24.8 Å². The van der Waals surface area contributed by atoms with Gasteiger partial charge in [0, 0.05) is 38.4 Å². The Hall–Kier alpha value is -1.11. The van der Waals surface area contributed by atoms with Gasteiger partial charge in [0.15, 0.2) is 0 Å². The number of aliphatic hydroxyl groups excluding tert-OH is 1. The van der Waals surface area contributed by atoms with E-state index in [9.17, 15) is 5.11 Å². The summed E-state index contributed by atoms with van der Waals surface area (Å²) in [5.41, 5.74) is 6.23. The lowest BCUT2D eigenvalue weighted by Gasteiger charge is -2.38. The molecule has 102 valence electrons. The molecule has 1 aliphatic rings. The fraction of sp³-hybridized carbons (Fsp3) is 0.750. The van der Waals surface area contributed by atoms with Crippen molar-refractivity contribution in [2.75, 3.05) is 39.0 Å². The molecule has 1 saturated heterocycles. The summed E-state index contributed by atoms with van der Waals surface area (Å²) in [5.74, 6) is 0. The average molecular weight is 253 g/mol. The van der Waals surface area contributed by atoms with Crippen molar-refractivity contribution in [2.24, 2.45) is 0 Å². The molecular formula is C12H23N5O. The molecule has 3 N–H and O–H groups in total. The first-order valence-corrected chi connectivity index (χ1v) is 6.43. The third-order valence-corrected chi connectivity index (χ3v) is 3.56. The van der Waals surface area contributed by atoms with E-state index in [4.69, 9.17) is 5.73 Å². The van der Waals surface area contributed by atoms with Gasteiger partial charge in [-0.3, -0.25) is 9.58 Å². The van der Waals surface area contributed by atoms with Gasteiger partial charge in [-0.2, -0.15) is 5.10 Å². The topological polar surface area (TPSA) is 70.5 Å². The average Bonchev–Trinajstić information content (AvgIpc) is 2.69. The minimum Gasteiger partial charge on any atom is -0.396 e. The number of nitrogens with two attached hydrogens (primary N) is 1. The van der Waals surface area contributed by atoms with Gasteiger partial charge >= 0.3 is 0 Å². The van der Waals surface area contributed by atoms with E-state index >= 15 is 0 Å². The zero-order chi connectivity index (χ0) is 13.1. The van der Waals surface area contributed by atoms with Gasteiger partial charge in [0.05, 0.1) is 24.5 Å². The zero-order valence-corrected chi connectivity index (χ0v) is 11.2. The molecule has 0 spiro atoms. The Labute approximate surface area is 108 Å². The molecule has 0 bridgehead atoms. The van der Waals surface area contributed by atoms with Crippen LogP contribution in [0.15, 0.2) is 12.4 Å². The summed E-state index contributed by atoms with van der Waals surface area (Å²) in [6.45, 7) is 6.49. The highest BCUT2D eigenvalue weighted by atomic mass is 16.3. The second-order valence-electron chi connectivity index (χ2n) is 5.24. The summed E-state index contributed by atoms with van der Waals surface area (Å²) in [4.78, 5) is 4.65. The molecule has 0 amide bonds. The van der Waals surface area contributed by atoms with Crippen LogP contribution in [0.25, 0.3) is 0 Å². The number of hydrogen-bond donors (Lipinski definition) is 2. The number of aliphatic hydroxyl groups is 1. The number of likely N-dealkylation sites (N-methyl/N-ethyl adjacent to an activating group) is 1. The summed E-state index contributed by atoms with van der Waals surface area (Å²) in [7, 11) is 2.14. The molecule has 2 rings (SSSR count). The number of nitrogen functional groups attached to an aromatic ring is 1. The number of anilines is 1. The number of hydrogen-bond acceptors (Lipinski definition) is 5. The lowest BCUT2D eigenvalue weighted by molar-refractivity contribution is 0.0489. The molecule has 0 aromatic carbocycles. The summed E-state index contributed by atoms with van der Waals surface area (Å²) in [5, 5.41) is 14.1. The van der Waals surface area contributed by atoms with Crippen LogP contribution in [-0.4, -0.2) is 70.1 Å². The Morgan fingerprint density at radius 3 is 2.89 bits per heavy atom. The number of aromatic nitrogens is 2. The molecule has 1 aliphatic heterocycles. The van der Waals surface area contributed by atoms with Gasteiger partial charge in [0.2, 0.25) is 0 Å². The second kappa shape index (κ2) is 5.69. The van der Waals surface area contributed by atoms with Crippen molar-refractivity contribution >= 4 is 5.69 Å². The summed E-state index contributed by atoms with van der Waals surface area (Å²) < 4.78 is 1.69. The molecule has 6 heteroatoms. The van der Waals surface area contributed by atoms with Crippen LogP contribution in [0, 0.1) is 0 Å². The minimum absolute atomic E-state index is 0.403. The monoisotopic (exact) mass is 253 g/mol. The molecule has 6 nitrogen and oxygen atoms in total. The molecule has 2 unspecified atom stereocenters. The fourth-order valence-electron chi connectivity index (χ4n) is 2.34. The van der Waals surface area contributed by atoms with Crippen molar-refractivity contribution in [2.45, 2.75) is 25.6 Å². The maximum absolute atomic E-state index is 10.1. The maximum atomic E-state index is 10.1. The van der Waals surface area contributed by atoms with Crippen molar-refractivity contribution in [3.8, 4) is 0 Å². The normalized spacial score (nSPS) is 24.3. The van der Waals surface area contributed by atoms with Gasteiger partial charge in [-0.25, -0.2) is 0 Å². The maximum Gasteiger partial charge on any atom is 0.0862 e. The fourth-order valence-corrected chi connectivity index (χ4v) is 2.34. The predicted octanol–water partition coefficient (Wildman–Crippen LogP) is -0.538. The first-order chi connectivity index (χ1) is 8.54. The third-order valence-electron chi connectivity index (χ3n) is 3.56. The Balaban J connectivity index is 1.79. The van der Waals surface area contributed by atoms with Gasteiger partial charge in [-0.05, 0) is 14.0 Å². The van der Waals surface area contributed by atoms with Crippen LogP contribution >= 0.6 is 0 Å². The van der Waals surface area contributed by atoms with Gasteiger partial charge < -0.3 is 15.7 Å². The highest BCUT2D eigenvalue weighted by Gasteiger charge is 2.22. The van der Waals surface area contributed by atoms with Crippen LogP contribution in [0.1, 0.15) is 6.92 Å². The highest BCUT2D eigenvalue weighted by Crippen LogP contribution is 2.08. The smallest absolute Gasteiger partial charge is 0.0862 e. The molecule has 0 saturated carbocycles. The van der Waals surface area contributed by atoms with Gasteiger partial charge in [0.25, 0.3) is 0 Å². The van der Waals surface area contributed by atoms with Gasteiger partial charge in [-0.15, -0.1) is 0 Å². The van der Waals surface area contributed by atoms with E-state index in [2.05, 4.69) is 28.9 Å². The van der Waals surface area contributed by atoms with Crippen molar-refractivity contribution in [3.05, 3.63) is 12.4 Å². The molecule has 2 heterocycles. The van der Waals surface area contributed by atoms with Crippen LogP contribution in [0.5, 0.6) is 0 Å². The Kier molecular flexibility index (Phi) is 4.21. The Bertz CT molecular complexity index is 380. The molecule has 2 atom stereocenters. The first-order valence-electron chi connectivity index (χ1n) is 6.43. The standard InChI is InChI=1S/C12H23N5O/c1-10-6-16(4-3-15(10)2)8-12(18)9-17-7-11(13)5-14-17/h5,7,10,12,18H,3-4,6,8-9,13H2,1-2H3. The molecule has 0 radical (unpaired) electrons. The summed E-state index contributed by atoms with van der Waals surface area (Å²) in [6.07, 6.45) is 2.94. The SMILES string of the molecule is CC1CN(CC(O)Cn2cc(N)cn2)CCN1C. The van der Waals surface area contributed by atoms with Crippen molar-refractivity contribution in [1.82, 2.24) is 19.6 Å². The first kappa shape index (κ1) is 13.3. The number of piperazine rings is 1. The highest BCUT2D eigenvalue weighted by molar-refractivity contribution is 5.30. The van der Waals surface area contributed by atoms with E-state index < -0.39 is 6.10 Å². The van der Waals surface area contributed by atoms with E-state index in [1.807, 2.05) is 0 Å². The Morgan fingerprint density at radius 1 is 1.50 bits per heavy atom. The largest absolute Gasteiger partial charge is 0.396 e. The molecule has 1 fully saturated rings. The van der Waals surface area contributed by atoms with Crippen molar-refractivity contribution in [3.63, 3.8) is 0 Å². The van der Waals surface area contributed by atoms with Gasteiger partial charge in [-0.1, -0.05) is 0 Å². The van der Waals surface area contributed by atoms with Gasteiger partial charge in [0.1, 0.15) is 0 Å². The molecule has 0 aliphatic carbocycles. The minimum atomic E-state index is -0.403. The van der Waals surface area contributed by atoms with E-state index in [-0.39, 0.29) is 0 Å². The summed E-state index contributed by atoms with van der Waals surface area (Å²) >= 11 is 0. The summed E-state index contributed by atoms with van der Waals surface area (Å²) in [6, 6.07) is 0.547. The lowest BCUT2D eigenvalue weighted by Crippen LogP contribution is -2.52. The zero-order valence-electron chi connectivity index (χ0n) is 11.2. The van der Waals surface area contributed by atoms with Crippen LogP contribution in [-0.2, 0) is 6.54 Å². The molecule has 18 heavy (non-hydrogen) atoms. The number of rotatable bonds is 4. The van der Waals surface area contributed by atoms with Crippen LogP contribution < -0.4 is 5.73 Å². The molecule has 1 aromatic rings. The number of nitrogens with zero attached hydrogens (tertiary/aromatic N) is 4. The predicted molar refractivity (Wildman–Crippen MR) is 71.2 cm³/mol. The van der Waals surface area contributed by atoms with Crippen LogP contribution in [0.2, 0.25) is 0 Å². The number of β-amino-alcohol motifs (C(OH)–C–C–N with tert-alkyl or cyclic N) is 1. The second-order valence-corrected chi connectivity index (χ2v) is 5.24. The van der Waals surface area contributed by atoms with Crippen molar-refractivity contribution in [1.29, 1.82) is 0 Å². The van der Waals surface area contributed by atoms with Crippen LogP contribution in [0.3, 0.4) is 0 Å². The molecular weight excluding hydrogens is 230 g/mol. The third kappa shape index (κ3) is 3.44. The molecule has 1 aromatic heterocycles. The van der Waals surface area contributed by atoms with E-state index in [1.165, 1.54) is 0 Å². The van der Waals surface area contributed by atoms with Crippen LogP contribution in [0.4, 0.5) is 5.69 Å². The Morgan fingerprint density at radius 2 is 2.28 bits per heavy atom. The quantitative estimate of drug-likeness (QED) is 0.754. The van der Waals surface area contributed by atoms with Crippen molar-refractivity contribution < 1.29 is 5.11 Å². The van der Waals surface area contributed by atoms with E-state index in [0.717, 1.165) is 19.6 Å². The lowest BCUT2D eigenvalue weighted by atomic mass is 10.2. The van der Waals surface area contributed by atoms with E-state index in [1.54, 1.807) is 17.1 Å².